The van der Waals surface area contributed by atoms with E-state index in [2.05, 4.69) is 20.5 Å². The summed E-state index contributed by atoms with van der Waals surface area (Å²) >= 11 is 0. The van der Waals surface area contributed by atoms with Crippen molar-refractivity contribution < 1.29 is 18.0 Å². The van der Waals surface area contributed by atoms with Crippen LogP contribution in [0.25, 0.3) is 0 Å². The van der Waals surface area contributed by atoms with Crippen LogP contribution < -0.4 is 5.32 Å². The maximum atomic E-state index is 11.8. The number of H-pyrrole nitrogens is 1. The van der Waals surface area contributed by atoms with Crippen LogP contribution in [0.3, 0.4) is 0 Å². The third kappa shape index (κ3) is 4.28. The molecule has 5 nitrogen and oxygen atoms in total. The summed E-state index contributed by atoms with van der Waals surface area (Å²) in [4.78, 5) is 15.0. The number of carbonyl (C=O) groups is 1. The van der Waals surface area contributed by atoms with E-state index in [9.17, 15) is 18.0 Å². The first-order chi connectivity index (χ1) is 7.38. The summed E-state index contributed by atoms with van der Waals surface area (Å²) < 4.78 is 35.3. The minimum Gasteiger partial charge on any atom is -0.349 e. The molecule has 0 aromatic carbocycles. The molecule has 16 heavy (non-hydrogen) atoms. The van der Waals surface area contributed by atoms with Crippen LogP contribution in [-0.4, -0.2) is 33.8 Å². The van der Waals surface area contributed by atoms with Crippen LogP contribution in [0.15, 0.2) is 0 Å². The van der Waals surface area contributed by atoms with E-state index in [1.807, 2.05) is 0 Å². The molecular weight excluding hydrogens is 225 g/mol. The second-order valence-corrected chi connectivity index (χ2v) is 3.22. The molecule has 0 saturated carbocycles. The zero-order valence-electron chi connectivity index (χ0n) is 8.56. The van der Waals surface area contributed by atoms with Gasteiger partial charge in [-0.2, -0.15) is 13.2 Å². The quantitative estimate of drug-likeness (QED) is 0.771. The van der Waals surface area contributed by atoms with Gasteiger partial charge in [0.15, 0.2) is 0 Å². The molecule has 0 aliphatic heterocycles. The van der Waals surface area contributed by atoms with Crippen molar-refractivity contribution in [1.82, 2.24) is 20.5 Å². The Kier molecular flexibility index (Phi) is 3.86. The molecule has 1 aromatic heterocycles. The van der Waals surface area contributed by atoms with Gasteiger partial charge in [-0.05, 0) is 13.3 Å². The lowest BCUT2D eigenvalue weighted by atomic mass is 10.3. The number of hydrogen-bond acceptors (Lipinski definition) is 3. The molecule has 1 rings (SSSR count). The third-order valence-electron chi connectivity index (χ3n) is 1.72. The molecule has 1 heterocycles. The maximum absolute atomic E-state index is 11.8. The Balaban J connectivity index is 2.26. The number of aryl methyl sites for hydroxylation is 1. The zero-order valence-corrected chi connectivity index (χ0v) is 8.56. The number of aromatic amines is 1. The fourth-order valence-corrected chi connectivity index (χ4v) is 1.01. The van der Waals surface area contributed by atoms with Gasteiger partial charge in [0.25, 0.3) is 5.91 Å². The number of carbonyl (C=O) groups excluding carboxylic acids is 1. The molecule has 0 unspecified atom stereocenters. The number of amides is 1. The van der Waals surface area contributed by atoms with Crippen molar-refractivity contribution in [3.63, 3.8) is 0 Å². The van der Waals surface area contributed by atoms with Crippen molar-refractivity contribution in [2.75, 3.05) is 6.54 Å². The normalized spacial score (nSPS) is 11.5. The van der Waals surface area contributed by atoms with Crippen LogP contribution in [-0.2, 0) is 0 Å². The average molecular weight is 236 g/mol. The number of nitrogens with zero attached hydrogens (tertiary/aromatic N) is 2. The highest BCUT2D eigenvalue weighted by atomic mass is 19.4. The highest BCUT2D eigenvalue weighted by molar-refractivity contribution is 5.90. The van der Waals surface area contributed by atoms with Crippen LogP contribution in [0.1, 0.15) is 29.3 Å². The van der Waals surface area contributed by atoms with E-state index in [0.29, 0.717) is 5.82 Å². The van der Waals surface area contributed by atoms with Crippen molar-refractivity contribution in [1.29, 1.82) is 0 Å². The Hall–Kier alpha value is -1.60. The first-order valence-corrected chi connectivity index (χ1v) is 4.62. The zero-order chi connectivity index (χ0) is 12.2. The van der Waals surface area contributed by atoms with Crippen molar-refractivity contribution >= 4 is 5.91 Å². The fourth-order valence-electron chi connectivity index (χ4n) is 1.01. The summed E-state index contributed by atoms with van der Waals surface area (Å²) in [6, 6.07) is 0. The Morgan fingerprint density at radius 3 is 2.69 bits per heavy atom. The summed E-state index contributed by atoms with van der Waals surface area (Å²) in [5.41, 5.74) is 0. The van der Waals surface area contributed by atoms with Crippen molar-refractivity contribution in [2.45, 2.75) is 25.9 Å². The number of nitrogens with one attached hydrogen (secondary N) is 2. The molecule has 0 saturated heterocycles. The fraction of sp³-hybridized carbons (Fsp3) is 0.625. The third-order valence-corrected chi connectivity index (χ3v) is 1.72. The summed E-state index contributed by atoms with van der Waals surface area (Å²) in [5.74, 6) is -0.170. The Morgan fingerprint density at radius 2 is 2.19 bits per heavy atom. The number of aromatic nitrogens is 3. The lowest BCUT2D eigenvalue weighted by Crippen LogP contribution is -2.26. The molecule has 0 aliphatic rings. The number of alkyl halides is 3. The Bertz CT molecular complexity index is 360. The van der Waals surface area contributed by atoms with E-state index in [0.717, 1.165) is 0 Å². The molecule has 0 fully saturated rings. The van der Waals surface area contributed by atoms with Crippen LogP contribution in [0, 0.1) is 6.92 Å². The molecule has 0 spiro atoms. The Labute approximate surface area is 89.4 Å². The molecule has 2 N–H and O–H groups in total. The molecule has 0 aliphatic carbocycles. The molecule has 1 aromatic rings. The van der Waals surface area contributed by atoms with Gasteiger partial charge in [0.05, 0.1) is 0 Å². The van der Waals surface area contributed by atoms with Gasteiger partial charge in [0, 0.05) is 13.0 Å². The van der Waals surface area contributed by atoms with Gasteiger partial charge >= 0.3 is 6.18 Å². The number of rotatable bonds is 4. The second kappa shape index (κ2) is 4.95. The SMILES string of the molecule is Cc1nc(C(=O)NCCCC(F)(F)F)n[nH]1. The number of hydrogen-bond donors (Lipinski definition) is 2. The predicted octanol–water partition coefficient (Wildman–Crippen LogP) is 1.19. The van der Waals surface area contributed by atoms with Crippen LogP contribution in [0.4, 0.5) is 13.2 Å². The van der Waals surface area contributed by atoms with Crippen molar-refractivity contribution in [2.24, 2.45) is 0 Å². The van der Waals surface area contributed by atoms with Crippen molar-refractivity contribution in [3.05, 3.63) is 11.6 Å². The highest BCUT2D eigenvalue weighted by Gasteiger charge is 2.26. The van der Waals surface area contributed by atoms with Gasteiger partial charge in [-0.15, -0.1) is 5.10 Å². The van der Waals surface area contributed by atoms with Gasteiger partial charge in [0.2, 0.25) is 5.82 Å². The summed E-state index contributed by atoms with van der Waals surface area (Å²) in [6.07, 6.45) is -5.26. The van der Waals surface area contributed by atoms with Gasteiger partial charge in [-0.3, -0.25) is 9.89 Å². The van der Waals surface area contributed by atoms with E-state index in [4.69, 9.17) is 0 Å². The van der Waals surface area contributed by atoms with Crippen LogP contribution >= 0.6 is 0 Å². The number of halogens is 3. The summed E-state index contributed by atoms with van der Waals surface area (Å²) in [7, 11) is 0. The topological polar surface area (TPSA) is 70.7 Å². The lowest BCUT2D eigenvalue weighted by molar-refractivity contribution is -0.135. The molecule has 8 heteroatoms. The highest BCUT2D eigenvalue weighted by Crippen LogP contribution is 2.20. The maximum Gasteiger partial charge on any atom is 0.389 e. The predicted molar refractivity (Wildman–Crippen MR) is 48.7 cm³/mol. The average Bonchev–Trinajstić information content (AvgIpc) is 2.57. The van der Waals surface area contributed by atoms with E-state index in [1.165, 1.54) is 0 Å². The standard InChI is InChI=1S/C8H11F3N4O/c1-5-13-6(15-14-5)7(16)12-4-2-3-8(9,10)11/h2-4H2,1H3,(H,12,16)(H,13,14,15). The van der Waals surface area contributed by atoms with E-state index >= 15 is 0 Å². The van der Waals surface area contributed by atoms with Gasteiger partial charge < -0.3 is 5.32 Å². The van der Waals surface area contributed by atoms with E-state index < -0.39 is 18.5 Å². The van der Waals surface area contributed by atoms with E-state index in [1.54, 1.807) is 6.92 Å². The molecule has 1 amide bonds. The second-order valence-electron chi connectivity index (χ2n) is 3.22. The smallest absolute Gasteiger partial charge is 0.349 e. The monoisotopic (exact) mass is 236 g/mol. The van der Waals surface area contributed by atoms with Crippen LogP contribution in [0.5, 0.6) is 0 Å². The largest absolute Gasteiger partial charge is 0.389 e. The first kappa shape index (κ1) is 12.5. The van der Waals surface area contributed by atoms with Gasteiger partial charge in [-0.1, -0.05) is 0 Å². The van der Waals surface area contributed by atoms with E-state index in [-0.39, 0.29) is 18.8 Å². The van der Waals surface area contributed by atoms with Gasteiger partial charge in [-0.25, -0.2) is 4.98 Å². The first-order valence-electron chi connectivity index (χ1n) is 4.62. The lowest BCUT2D eigenvalue weighted by Gasteiger charge is -2.05. The summed E-state index contributed by atoms with van der Waals surface area (Å²) in [6.45, 7) is 1.57. The minimum atomic E-state index is -4.19. The van der Waals surface area contributed by atoms with Crippen molar-refractivity contribution in [3.8, 4) is 0 Å². The Morgan fingerprint density at radius 1 is 1.50 bits per heavy atom. The van der Waals surface area contributed by atoms with Gasteiger partial charge in [0.1, 0.15) is 5.82 Å². The molecule has 0 bridgehead atoms. The summed E-state index contributed by atoms with van der Waals surface area (Å²) in [5, 5.41) is 8.34. The molecule has 90 valence electrons. The molecule has 0 atom stereocenters. The molecule has 0 radical (unpaired) electrons. The minimum absolute atomic E-state index is 0.0497. The molecular formula is C8H11F3N4O. The van der Waals surface area contributed by atoms with Crippen LogP contribution in [0.2, 0.25) is 0 Å².